The third kappa shape index (κ3) is 3.26. The van der Waals surface area contributed by atoms with Crippen molar-refractivity contribution in [1.29, 1.82) is 0 Å². The summed E-state index contributed by atoms with van der Waals surface area (Å²) >= 11 is 0. The number of aliphatic carboxylic acids is 1. The molecule has 0 aromatic carbocycles. The number of amides is 1. The van der Waals surface area contributed by atoms with E-state index in [0.717, 1.165) is 0 Å². The van der Waals surface area contributed by atoms with E-state index < -0.39 is 11.4 Å². The second-order valence-corrected chi connectivity index (χ2v) is 5.64. The molecular weight excluding hydrogens is 244 g/mol. The van der Waals surface area contributed by atoms with Gasteiger partial charge in [0.1, 0.15) is 0 Å². The van der Waals surface area contributed by atoms with Crippen LogP contribution in [-0.4, -0.2) is 59.5 Å². The molecule has 1 atom stereocenters. The van der Waals surface area contributed by atoms with Gasteiger partial charge in [-0.05, 0) is 32.7 Å². The predicted molar refractivity (Wildman–Crippen MR) is 73.9 cm³/mol. The summed E-state index contributed by atoms with van der Waals surface area (Å²) in [5.74, 6) is -0.561. The average molecular weight is 270 g/mol. The van der Waals surface area contributed by atoms with Gasteiger partial charge in [0, 0.05) is 19.6 Å². The van der Waals surface area contributed by atoms with E-state index in [1.165, 1.54) is 0 Å². The molecule has 0 radical (unpaired) electrons. The lowest BCUT2D eigenvalue weighted by molar-refractivity contribution is -0.151. The third-order valence-corrected chi connectivity index (χ3v) is 4.39. The van der Waals surface area contributed by atoms with Gasteiger partial charge < -0.3 is 10.0 Å². The molecule has 0 spiro atoms. The van der Waals surface area contributed by atoms with Crippen molar-refractivity contribution in [2.24, 2.45) is 11.3 Å². The van der Waals surface area contributed by atoms with Gasteiger partial charge in [0.2, 0.25) is 5.91 Å². The van der Waals surface area contributed by atoms with E-state index in [1.54, 1.807) is 4.90 Å². The molecule has 1 N–H and O–H groups in total. The van der Waals surface area contributed by atoms with Crippen molar-refractivity contribution in [3.63, 3.8) is 0 Å². The van der Waals surface area contributed by atoms with Crippen molar-refractivity contribution in [2.45, 2.75) is 34.1 Å². The lowest BCUT2D eigenvalue weighted by Crippen LogP contribution is -2.43. The van der Waals surface area contributed by atoms with E-state index in [9.17, 15) is 14.7 Å². The van der Waals surface area contributed by atoms with Crippen LogP contribution in [0.1, 0.15) is 34.1 Å². The Kier molecular flexibility index (Phi) is 5.35. The maximum absolute atomic E-state index is 12.0. The van der Waals surface area contributed by atoms with Gasteiger partial charge in [-0.15, -0.1) is 0 Å². The smallest absolute Gasteiger partial charge is 0.311 e. The first kappa shape index (κ1) is 16.0. The molecule has 1 heterocycles. The van der Waals surface area contributed by atoms with Crippen LogP contribution in [0.4, 0.5) is 0 Å². The highest BCUT2D eigenvalue weighted by Crippen LogP contribution is 2.38. The summed E-state index contributed by atoms with van der Waals surface area (Å²) in [6.07, 6.45) is 0.630. The minimum Gasteiger partial charge on any atom is -0.481 e. The molecule has 0 bridgehead atoms. The van der Waals surface area contributed by atoms with Crippen molar-refractivity contribution < 1.29 is 14.7 Å². The van der Waals surface area contributed by atoms with Crippen LogP contribution in [0.25, 0.3) is 0 Å². The zero-order valence-electron chi connectivity index (χ0n) is 12.5. The first-order chi connectivity index (χ1) is 8.87. The first-order valence-corrected chi connectivity index (χ1v) is 7.10. The van der Waals surface area contributed by atoms with E-state index in [2.05, 4.69) is 0 Å². The summed E-state index contributed by atoms with van der Waals surface area (Å²) in [4.78, 5) is 27.3. The Bertz CT molecular complexity index is 340. The van der Waals surface area contributed by atoms with E-state index in [1.807, 2.05) is 32.6 Å². The first-order valence-electron chi connectivity index (χ1n) is 7.10. The Hall–Kier alpha value is -1.10. The summed E-state index contributed by atoms with van der Waals surface area (Å²) in [5.41, 5.74) is -0.691. The number of carboxylic acid groups (broad SMARTS) is 1. The quantitative estimate of drug-likeness (QED) is 0.790. The highest BCUT2D eigenvalue weighted by Gasteiger charge is 2.47. The number of carboxylic acids is 1. The number of likely N-dealkylation sites (tertiary alicyclic amines) is 1. The van der Waals surface area contributed by atoms with Crippen molar-refractivity contribution in [3.8, 4) is 0 Å². The molecule has 1 aliphatic rings. The minimum atomic E-state index is -0.736. The molecule has 1 unspecified atom stereocenters. The lowest BCUT2D eigenvalue weighted by Gasteiger charge is -2.29. The van der Waals surface area contributed by atoms with Crippen LogP contribution in [0.5, 0.6) is 0 Å². The molecule has 1 aliphatic heterocycles. The van der Waals surface area contributed by atoms with Crippen molar-refractivity contribution in [1.82, 2.24) is 9.80 Å². The van der Waals surface area contributed by atoms with Crippen LogP contribution in [0.3, 0.4) is 0 Å². The molecule has 1 saturated heterocycles. The van der Waals surface area contributed by atoms with E-state index >= 15 is 0 Å². The number of nitrogens with zero attached hydrogens (tertiary/aromatic N) is 2. The molecule has 19 heavy (non-hydrogen) atoms. The zero-order chi connectivity index (χ0) is 14.6. The van der Waals surface area contributed by atoms with Crippen LogP contribution >= 0.6 is 0 Å². The number of rotatable bonds is 6. The van der Waals surface area contributed by atoms with E-state index in [-0.39, 0.29) is 11.8 Å². The highest BCUT2D eigenvalue weighted by atomic mass is 16.4. The Morgan fingerprint density at radius 1 is 1.32 bits per heavy atom. The summed E-state index contributed by atoms with van der Waals surface area (Å²) in [6, 6.07) is 0. The number of hydrogen-bond acceptors (Lipinski definition) is 3. The maximum Gasteiger partial charge on any atom is 0.311 e. The van der Waals surface area contributed by atoms with E-state index in [4.69, 9.17) is 0 Å². The number of hydrogen-bond donors (Lipinski definition) is 1. The molecule has 1 fully saturated rings. The molecule has 5 heteroatoms. The zero-order valence-corrected chi connectivity index (χ0v) is 12.5. The number of carbonyl (C=O) groups is 2. The topological polar surface area (TPSA) is 60.9 Å². The largest absolute Gasteiger partial charge is 0.481 e. The maximum atomic E-state index is 12.0. The van der Waals surface area contributed by atoms with Gasteiger partial charge in [-0.25, -0.2) is 0 Å². The molecule has 1 amide bonds. The minimum absolute atomic E-state index is 0.0820. The molecule has 5 nitrogen and oxygen atoms in total. The standard InChI is InChI=1S/C14H26N2O3/c1-5-16(6-2)12(17)9-15-8-7-14(10-15,11(3)4)13(18)19/h11H,5-10H2,1-4H3,(H,18,19). The summed E-state index contributed by atoms with van der Waals surface area (Å²) in [7, 11) is 0. The Morgan fingerprint density at radius 3 is 2.26 bits per heavy atom. The van der Waals surface area contributed by atoms with Gasteiger partial charge in [0.25, 0.3) is 0 Å². The third-order valence-electron chi connectivity index (χ3n) is 4.39. The molecule has 0 aromatic rings. The van der Waals surface area contributed by atoms with Crippen LogP contribution in [0.2, 0.25) is 0 Å². The van der Waals surface area contributed by atoms with Gasteiger partial charge in [0.05, 0.1) is 12.0 Å². The number of likely N-dealkylation sites (N-methyl/N-ethyl adjacent to an activating group) is 1. The van der Waals surface area contributed by atoms with Gasteiger partial charge in [-0.3, -0.25) is 14.5 Å². The Morgan fingerprint density at radius 2 is 1.89 bits per heavy atom. The fraction of sp³-hybridized carbons (Fsp3) is 0.857. The van der Waals surface area contributed by atoms with Crippen LogP contribution in [-0.2, 0) is 9.59 Å². The van der Waals surface area contributed by atoms with Gasteiger partial charge in [-0.1, -0.05) is 13.8 Å². The van der Waals surface area contributed by atoms with E-state index in [0.29, 0.717) is 39.1 Å². The van der Waals surface area contributed by atoms with Crippen molar-refractivity contribution >= 4 is 11.9 Å². The molecule has 0 aromatic heterocycles. The average Bonchev–Trinajstić information content (AvgIpc) is 2.76. The fourth-order valence-corrected chi connectivity index (χ4v) is 2.81. The Labute approximate surface area is 115 Å². The summed E-state index contributed by atoms with van der Waals surface area (Å²) in [6.45, 7) is 10.7. The number of carbonyl (C=O) groups excluding carboxylic acids is 1. The monoisotopic (exact) mass is 270 g/mol. The van der Waals surface area contributed by atoms with Gasteiger partial charge in [0.15, 0.2) is 0 Å². The predicted octanol–water partition coefficient (Wildman–Crippen LogP) is 1.29. The second-order valence-electron chi connectivity index (χ2n) is 5.64. The molecule has 110 valence electrons. The molecular formula is C14H26N2O3. The van der Waals surface area contributed by atoms with Crippen LogP contribution in [0.15, 0.2) is 0 Å². The van der Waals surface area contributed by atoms with Gasteiger partial charge in [-0.2, -0.15) is 0 Å². The summed E-state index contributed by atoms with van der Waals surface area (Å²) in [5, 5.41) is 9.47. The Balaban J connectivity index is 2.66. The fourth-order valence-electron chi connectivity index (χ4n) is 2.81. The second kappa shape index (κ2) is 6.37. The molecule has 1 rings (SSSR count). The molecule has 0 aliphatic carbocycles. The lowest BCUT2D eigenvalue weighted by atomic mass is 9.76. The molecule has 0 saturated carbocycles. The normalized spacial score (nSPS) is 23.8. The summed E-state index contributed by atoms with van der Waals surface area (Å²) < 4.78 is 0. The van der Waals surface area contributed by atoms with Gasteiger partial charge >= 0.3 is 5.97 Å². The van der Waals surface area contributed by atoms with Crippen LogP contribution in [0, 0.1) is 11.3 Å². The van der Waals surface area contributed by atoms with Crippen molar-refractivity contribution in [3.05, 3.63) is 0 Å². The van der Waals surface area contributed by atoms with Crippen LogP contribution < -0.4 is 0 Å². The van der Waals surface area contributed by atoms with Crippen molar-refractivity contribution in [2.75, 3.05) is 32.7 Å². The SMILES string of the molecule is CCN(CC)C(=O)CN1CCC(C(=O)O)(C(C)C)C1. The highest BCUT2D eigenvalue weighted by molar-refractivity contribution is 5.79.